The van der Waals surface area contributed by atoms with Gasteiger partial charge in [-0.1, -0.05) is 0 Å². The Hall–Kier alpha value is -1.72. The summed E-state index contributed by atoms with van der Waals surface area (Å²) in [5.74, 6) is 0.169. The van der Waals surface area contributed by atoms with E-state index in [1.54, 1.807) is 26.0 Å². The number of furan rings is 1. The Morgan fingerprint density at radius 1 is 1.25 bits per heavy atom. The van der Waals surface area contributed by atoms with Crippen LogP contribution >= 0.6 is 0 Å². The van der Waals surface area contributed by atoms with Crippen LogP contribution in [0.15, 0.2) is 34.7 Å². The van der Waals surface area contributed by atoms with Gasteiger partial charge >= 0.3 is 0 Å². The Bertz CT molecular complexity index is 593. The predicted octanol–water partition coefficient (Wildman–Crippen LogP) is 2.86. The molecule has 2 aromatic rings. The average molecular weight is 281 g/mol. The van der Waals surface area contributed by atoms with Gasteiger partial charge in [-0.05, 0) is 44.2 Å². The van der Waals surface area contributed by atoms with E-state index in [-0.39, 0.29) is 18.7 Å². The van der Waals surface area contributed by atoms with Crippen LogP contribution in [0.1, 0.15) is 24.0 Å². The SMILES string of the molecule is Cc1ccc(C(C)(O)CNCc2cc(F)ccc2F)o1. The number of halogens is 2. The molecule has 0 fully saturated rings. The summed E-state index contributed by atoms with van der Waals surface area (Å²) < 4.78 is 31.8. The number of aliphatic hydroxyl groups is 1. The van der Waals surface area contributed by atoms with Crippen molar-refractivity contribution in [2.75, 3.05) is 6.54 Å². The molecule has 1 aromatic carbocycles. The first-order valence-corrected chi connectivity index (χ1v) is 6.32. The van der Waals surface area contributed by atoms with Gasteiger partial charge in [0.05, 0.1) is 0 Å². The largest absolute Gasteiger partial charge is 0.463 e. The summed E-state index contributed by atoms with van der Waals surface area (Å²) in [5.41, 5.74) is -0.991. The second-order valence-corrected chi connectivity index (χ2v) is 5.02. The topological polar surface area (TPSA) is 45.4 Å². The maximum Gasteiger partial charge on any atom is 0.136 e. The fraction of sp³-hybridized carbons (Fsp3) is 0.333. The van der Waals surface area contributed by atoms with E-state index in [9.17, 15) is 13.9 Å². The van der Waals surface area contributed by atoms with Crippen LogP contribution in [0.3, 0.4) is 0 Å². The lowest BCUT2D eigenvalue weighted by molar-refractivity contribution is 0.0332. The zero-order valence-electron chi connectivity index (χ0n) is 11.4. The van der Waals surface area contributed by atoms with Crippen molar-refractivity contribution in [2.45, 2.75) is 26.0 Å². The minimum atomic E-state index is -1.21. The minimum absolute atomic E-state index is 0.124. The Balaban J connectivity index is 1.97. The molecule has 0 spiro atoms. The van der Waals surface area contributed by atoms with Crippen LogP contribution in [0.25, 0.3) is 0 Å². The van der Waals surface area contributed by atoms with E-state index in [2.05, 4.69) is 5.32 Å². The lowest BCUT2D eigenvalue weighted by Gasteiger charge is -2.21. The van der Waals surface area contributed by atoms with Crippen LogP contribution in [0.2, 0.25) is 0 Å². The normalized spacial score (nSPS) is 14.2. The molecule has 0 bridgehead atoms. The van der Waals surface area contributed by atoms with E-state index in [0.717, 1.165) is 18.2 Å². The van der Waals surface area contributed by atoms with Crippen molar-refractivity contribution in [2.24, 2.45) is 0 Å². The Morgan fingerprint density at radius 3 is 2.65 bits per heavy atom. The molecule has 2 N–H and O–H groups in total. The molecule has 0 aliphatic heterocycles. The fourth-order valence-electron chi connectivity index (χ4n) is 1.93. The molecular weight excluding hydrogens is 264 g/mol. The van der Waals surface area contributed by atoms with Gasteiger partial charge in [0.2, 0.25) is 0 Å². The third kappa shape index (κ3) is 3.43. The van der Waals surface area contributed by atoms with Crippen LogP contribution in [0, 0.1) is 18.6 Å². The molecule has 1 heterocycles. The van der Waals surface area contributed by atoms with Crippen molar-refractivity contribution in [1.29, 1.82) is 0 Å². The zero-order valence-corrected chi connectivity index (χ0v) is 11.4. The fourth-order valence-corrected chi connectivity index (χ4v) is 1.93. The maximum absolute atomic E-state index is 13.4. The molecule has 0 aliphatic carbocycles. The van der Waals surface area contributed by atoms with Crippen molar-refractivity contribution >= 4 is 0 Å². The number of hydrogen-bond donors (Lipinski definition) is 2. The summed E-state index contributed by atoms with van der Waals surface area (Å²) in [6, 6.07) is 6.74. The van der Waals surface area contributed by atoms with Crippen LogP contribution in [0.5, 0.6) is 0 Å². The Morgan fingerprint density at radius 2 is 2.00 bits per heavy atom. The van der Waals surface area contributed by atoms with Gasteiger partial charge in [-0.15, -0.1) is 0 Å². The summed E-state index contributed by atoms with van der Waals surface area (Å²) in [6.45, 7) is 3.67. The minimum Gasteiger partial charge on any atom is -0.463 e. The van der Waals surface area contributed by atoms with Crippen molar-refractivity contribution < 1.29 is 18.3 Å². The van der Waals surface area contributed by atoms with Gasteiger partial charge in [0.25, 0.3) is 0 Å². The van der Waals surface area contributed by atoms with Crippen LogP contribution in [-0.4, -0.2) is 11.7 Å². The van der Waals surface area contributed by atoms with E-state index < -0.39 is 17.2 Å². The number of rotatable bonds is 5. The molecule has 0 aliphatic rings. The highest BCUT2D eigenvalue weighted by molar-refractivity contribution is 5.19. The second kappa shape index (κ2) is 5.73. The first kappa shape index (κ1) is 14.7. The highest BCUT2D eigenvalue weighted by Gasteiger charge is 2.26. The molecule has 5 heteroatoms. The zero-order chi connectivity index (χ0) is 14.8. The van der Waals surface area contributed by atoms with E-state index in [1.807, 2.05) is 0 Å². The number of aryl methyl sites for hydroxylation is 1. The third-order valence-electron chi connectivity index (χ3n) is 3.06. The highest BCUT2D eigenvalue weighted by atomic mass is 19.1. The summed E-state index contributed by atoms with van der Waals surface area (Å²) in [7, 11) is 0. The molecule has 3 nitrogen and oxygen atoms in total. The van der Waals surface area contributed by atoms with Gasteiger partial charge in [-0.3, -0.25) is 0 Å². The summed E-state index contributed by atoms with van der Waals surface area (Å²) >= 11 is 0. The van der Waals surface area contributed by atoms with Gasteiger partial charge in [-0.25, -0.2) is 8.78 Å². The molecular formula is C15H17F2NO2. The standard InChI is InChI=1S/C15H17F2NO2/c1-10-3-6-14(20-10)15(2,19)9-18-8-11-7-12(16)4-5-13(11)17/h3-7,18-19H,8-9H2,1-2H3. The van der Waals surface area contributed by atoms with E-state index in [1.165, 1.54) is 0 Å². The lowest BCUT2D eigenvalue weighted by Crippen LogP contribution is -2.35. The number of benzene rings is 1. The van der Waals surface area contributed by atoms with Crippen LogP contribution in [0.4, 0.5) is 8.78 Å². The third-order valence-corrected chi connectivity index (χ3v) is 3.06. The molecule has 1 atom stereocenters. The Labute approximate surface area is 116 Å². The molecule has 0 amide bonds. The molecule has 0 radical (unpaired) electrons. The van der Waals surface area contributed by atoms with Crippen LogP contribution in [-0.2, 0) is 12.1 Å². The smallest absolute Gasteiger partial charge is 0.136 e. The molecule has 1 unspecified atom stereocenters. The van der Waals surface area contributed by atoms with Crippen molar-refractivity contribution in [3.05, 3.63) is 59.1 Å². The summed E-state index contributed by atoms with van der Waals surface area (Å²) in [6.07, 6.45) is 0. The Kier molecular flexibility index (Phi) is 4.20. The molecule has 0 saturated carbocycles. The maximum atomic E-state index is 13.4. The van der Waals surface area contributed by atoms with Gasteiger partial charge in [0, 0.05) is 18.7 Å². The number of nitrogens with one attached hydrogen (secondary N) is 1. The quantitative estimate of drug-likeness (QED) is 0.886. The van der Waals surface area contributed by atoms with Crippen molar-refractivity contribution in [1.82, 2.24) is 5.32 Å². The van der Waals surface area contributed by atoms with Gasteiger partial charge < -0.3 is 14.8 Å². The molecule has 108 valence electrons. The number of hydrogen-bond acceptors (Lipinski definition) is 3. The molecule has 2 rings (SSSR count). The van der Waals surface area contributed by atoms with E-state index in [0.29, 0.717) is 11.5 Å². The highest BCUT2D eigenvalue weighted by Crippen LogP contribution is 2.22. The lowest BCUT2D eigenvalue weighted by atomic mass is 10.0. The molecule has 1 aromatic heterocycles. The predicted molar refractivity (Wildman–Crippen MR) is 71.1 cm³/mol. The van der Waals surface area contributed by atoms with E-state index in [4.69, 9.17) is 4.42 Å². The second-order valence-electron chi connectivity index (χ2n) is 5.02. The van der Waals surface area contributed by atoms with Gasteiger partial charge in [0.15, 0.2) is 0 Å². The molecule has 20 heavy (non-hydrogen) atoms. The first-order chi connectivity index (χ1) is 9.38. The van der Waals surface area contributed by atoms with E-state index >= 15 is 0 Å². The monoisotopic (exact) mass is 281 g/mol. The van der Waals surface area contributed by atoms with Gasteiger partial charge in [0.1, 0.15) is 28.8 Å². The summed E-state index contributed by atoms with van der Waals surface area (Å²) in [4.78, 5) is 0. The molecule has 0 saturated heterocycles. The summed E-state index contributed by atoms with van der Waals surface area (Å²) in [5, 5.41) is 13.2. The van der Waals surface area contributed by atoms with Crippen molar-refractivity contribution in [3.63, 3.8) is 0 Å². The first-order valence-electron chi connectivity index (χ1n) is 6.32. The van der Waals surface area contributed by atoms with Gasteiger partial charge in [-0.2, -0.15) is 0 Å². The van der Waals surface area contributed by atoms with Crippen molar-refractivity contribution in [3.8, 4) is 0 Å². The van der Waals surface area contributed by atoms with Crippen LogP contribution < -0.4 is 5.32 Å². The average Bonchev–Trinajstić information content (AvgIpc) is 2.81.